The second-order valence-corrected chi connectivity index (χ2v) is 7.23. The largest absolute Gasteiger partial charge is 0.494 e. The Morgan fingerprint density at radius 2 is 1.75 bits per heavy atom. The molecule has 3 rings (SSSR count). The van der Waals surface area contributed by atoms with E-state index in [1.807, 2.05) is 33.8 Å². The molecule has 0 aromatic heterocycles. The first kappa shape index (κ1) is 20.0. The number of imide groups is 1. The zero-order valence-electron chi connectivity index (χ0n) is 16.4. The molecule has 0 saturated heterocycles. The molecule has 2 aromatic carbocycles. The van der Waals surface area contributed by atoms with Gasteiger partial charge in [0.2, 0.25) is 0 Å². The second-order valence-electron chi connectivity index (χ2n) is 6.82. The van der Waals surface area contributed by atoms with E-state index in [1.165, 1.54) is 4.90 Å². The Morgan fingerprint density at radius 1 is 1.07 bits per heavy atom. The fraction of sp³-hybridized carbons (Fsp3) is 0.273. The van der Waals surface area contributed by atoms with Crippen molar-refractivity contribution in [2.24, 2.45) is 0 Å². The number of nitrogens with zero attached hydrogens (tertiary/aromatic N) is 1. The summed E-state index contributed by atoms with van der Waals surface area (Å²) in [6, 6.07) is 12.3. The number of benzene rings is 2. The third-order valence-electron chi connectivity index (χ3n) is 4.61. The average Bonchev–Trinajstić information content (AvgIpc) is 2.90. The number of nitrogens with one attached hydrogen (secondary N) is 1. The lowest BCUT2D eigenvalue weighted by molar-refractivity contribution is -0.138. The summed E-state index contributed by atoms with van der Waals surface area (Å²) >= 11 is 6.21. The van der Waals surface area contributed by atoms with E-state index in [0.717, 1.165) is 5.56 Å². The zero-order chi connectivity index (χ0) is 20.4. The topological polar surface area (TPSA) is 58.6 Å². The first-order valence-electron chi connectivity index (χ1n) is 9.22. The highest BCUT2D eigenvalue weighted by molar-refractivity contribution is 6.37. The van der Waals surface area contributed by atoms with Gasteiger partial charge in [-0.25, -0.2) is 0 Å². The van der Waals surface area contributed by atoms with Crippen molar-refractivity contribution in [2.45, 2.75) is 33.7 Å². The molecule has 6 heteroatoms. The van der Waals surface area contributed by atoms with Crippen molar-refractivity contribution in [3.63, 3.8) is 0 Å². The third kappa shape index (κ3) is 3.62. The van der Waals surface area contributed by atoms with Gasteiger partial charge >= 0.3 is 0 Å². The lowest BCUT2D eigenvalue weighted by atomic mass is 10.0. The predicted molar refractivity (Wildman–Crippen MR) is 111 cm³/mol. The van der Waals surface area contributed by atoms with Crippen LogP contribution in [-0.4, -0.2) is 29.4 Å². The molecule has 5 nitrogen and oxygen atoms in total. The highest BCUT2D eigenvalue weighted by atomic mass is 35.5. The summed E-state index contributed by atoms with van der Waals surface area (Å²) in [7, 11) is 0. The van der Waals surface area contributed by atoms with E-state index < -0.39 is 0 Å². The molecule has 146 valence electrons. The fourth-order valence-electron chi connectivity index (χ4n) is 3.16. The van der Waals surface area contributed by atoms with Crippen molar-refractivity contribution in [3.8, 4) is 5.75 Å². The van der Waals surface area contributed by atoms with Gasteiger partial charge in [0.25, 0.3) is 11.8 Å². The number of carbonyl (C=O) groups is 2. The molecule has 1 N–H and O–H groups in total. The van der Waals surface area contributed by atoms with Crippen LogP contribution in [0, 0.1) is 6.92 Å². The van der Waals surface area contributed by atoms with Gasteiger partial charge in [-0.05, 0) is 63.1 Å². The molecule has 1 heterocycles. The van der Waals surface area contributed by atoms with Crippen molar-refractivity contribution in [3.05, 3.63) is 64.3 Å². The van der Waals surface area contributed by atoms with Crippen molar-refractivity contribution in [1.82, 2.24) is 4.90 Å². The molecule has 1 aliphatic rings. The van der Waals surface area contributed by atoms with Crippen LogP contribution in [0.2, 0.25) is 5.02 Å². The number of halogens is 1. The fourth-order valence-corrected chi connectivity index (χ4v) is 3.34. The Hall–Kier alpha value is -2.79. The molecule has 1 aliphatic heterocycles. The number of hydrogen-bond acceptors (Lipinski definition) is 4. The van der Waals surface area contributed by atoms with Gasteiger partial charge in [0.15, 0.2) is 0 Å². The van der Waals surface area contributed by atoms with Gasteiger partial charge in [-0.15, -0.1) is 0 Å². The van der Waals surface area contributed by atoms with Crippen LogP contribution in [-0.2, 0) is 9.59 Å². The first-order valence-corrected chi connectivity index (χ1v) is 9.60. The second kappa shape index (κ2) is 8.07. The normalized spacial score (nSPS) is 14.3. The summed E-state index contributed by atoms with van der Waals surface area (Å²) in [6.45, 7) is 7.97. The van der Waals surface area contributed by atoms with E-state index >= 15 is 0 Å². The summed E-state index contributed by atoms with van der Waals surface area (Å²) in [5, 5.41) is 3.74. The van der Waals surface area contributed by atoms with E-state index in [-0.39, 0.29) is 23.6 Å². The molecule has 2 amide bonds. The van der Waals surface area contributed by atoms with E-state index in [0.29, 0.717) is 34.2 Å². The minimum absolute atomic E-state index is 0.252. The monoisotopic (exact) mass is 398 g/mol. The van der Waals surface area contributed by atoms with Crippen LogP contribution in [0.25, 0.3) is 5.57 Å². The maximum atomic E-state index is 13.1. The Morgan fingerprint density at radius 3 is 2.36 bits per heavy atom. The molecule has 0 saturated carbocycles. The van der Waals surface area contributed by atoms with Crippen LogP contribution >= 0.6 is 11.6 Å². The molecular formula is C22H23ClN2O3. The smallest absolute Gasteiger partial charge is 0.278 e. The molecule has 0 spiro atoms. The molecule has 0 unspecified atom stereocenters. The highest BCUT2D eigenvalue weighted by Gasteiger charge is 2.40. The van der Waals surface area contributed by atoms with Crippen molar-refractivity contribution in [2.75, 3.05) is 11.9 Å². The summed E-state index contributed by atoms with van der Waals surface area (Å²) in [5.74, 6) is 0.0548. The van der Waals surface area contributed by atoms with Gasteiger partial charge in [0.1, 0.15) is 11.4 Å². The van der Waals surface area contributed by atoms with E-state index in [9.17, 15) is 9.59 Å². The van der Waals surface area contributed by atoms with Crippen LogP contribution in [0.5, 0.6) is 5.75 Å². The summed E-state index contributed by atoms with van der Waals surface area (Å²) in [6.07, 6.45) is 0. The Kier molecular flexibility index (Phi) is 5.75. The predicted octanol–water partition coefficient (Wildman–Crippen LogP) is 4.65. The van der Waals surface area contributed by atoms with Gasteiger partial charge < -0.3 is 10.1 Å². The third-order valence-corrected chi connectivity index (χ3v) is 5.02. The SMILES string of the molecule is CCOc1ccc(C2=C(Nc3cccc(Cl)c3C)C(=O)N(C(C)C)C2=O)cc1. The lowest BCUT2D eigenvalue weighted by Gasteiger charge is -2.19. The standard InChI is InChI=1S/C22H23ClN2O3/c1-5-28-16-11-9-15(10-12-16)19-20(22(27)25(13(2)3)21(19)26)24-18-8-6-7-17(23)14(18)4/h6-13,24H,5H2,1-4H3. The molecular weight excluding hydrogens is 376 g/mol. The molecule has 0 radical (unpaired) electrons. The summed E-state index contributed by atoms with van der Waals surface area (Å²) in [5.41, 5.74) is 2.77. The van der Waals surface area contributed by atoms with Crippen LogP contribution < -0.4 is 10.1 Å². The molecule has 0 atom stereocenters. The zero-order valence-corrected chi connectivity index (χ0v) is 17.1. The number of carbonyl (C=O) groups excluding carboxylic acids is 2. The molecule has 2 aromatic rings. The van der Waals surface area contributed by atoms with Gasteiger partial charge in [-0.2, -0.15) is 0 Å². The number of hydrogen-bond donors (Lipinski definition) is 1. The molecule has 28 heavy (non-hydrogen) atoms. The van der Waals surface area contributed by atoms with Crippen LogP contribution in [0.15, 0.2) is 48.2 Å². The highest BCUT2D eigenvalue weighted by Crippen LogP contribution is 2.34. The van der Waals surface area contributed by atoms with Gasteiger partial charge in [0.05, 0.1) is 12.2 Å². The molecule has 0 fully saturated rings. The summed E-state index contributed by atoms with van der Waals surface area (Å²) in [4.78, 5) is 27.4. The quantitative estimate of drug-likeness (QED) is 0.719. The van der Waals surface area contributed by atoms with Crippen molar-refractivity contribution < 1.29 is 14.3 Å². The Bertz CT molecular complexity index is 949. The van der Waals surface area contributed by atoms with Crippen LogP contribution in [0.3, 0.4) is 0 Å². The molecule has 0 aliphatic carbocycles. The van der Waals surface area contributed by atoms with Gasteiger partial charge in [-0.3, -0.25) is 14.5 Å². The van der Waals surface area contributed by atoms with Gasteiger partial charge in [0, 0.05) is 16.8 Å². The maximum Gasteiger partial charge on any atom is 0.278 e. The molecule has 0 bridgehead atoms. The number of anilines is 1. The maximum absolute atomic E-state index is 13.1. The van der Waals surface area contributed by atoms with Crippen molar-refractivity contribution in [1.29, 1.82) is 0 Å². The number of amides is 2. The minimum atomic E-state index is -0.344. The van der Waals surface area contributed by atoms with Gasteiger partial charge in [-0.1, -0.05) is 29.8 Å². The number of rotatable bonds is 6. The van der Waals surface area contributed by atoms with Crippen LogP contribution in [0.1, 0.15) is 31.9 Å². The Labute approximate surface area is 169 Å². The first-order chi connectivity index (χ1) is 13.3. The van der Waals surface area contributed by atoms with E-state index in [2.05, 4.69) is 5.32 Å². The van der Waals surface area contributed by atoms with Crippen molar-refractivity contribution >= 4 is 34.7 Å². The summed E-state index contributed by atoms with van der Waals surface area (Å²) < 4.78 is 5.47. The van der Waals surface area contributed by atoms with E-state index in [1.54, 1.807) is 36.4 Å². The Balaban J connectivity index is 2.09. The number of ether oxygens (including phenoxy) is 1. The van der Waals surface area contributed by atoms with E-state index in [4.69, 9.17) is 16.3 Å². The minimum Gasteiger partial charge on any atom is -0.494 e. The lowest BCUT2D eigenvalue weighted by Crippen LogP contribution is -2.38. The van der Waals surface area contributed by atoms with Crippen LogP contribution in [0.4, 0.5) is 5.69 Å². The average molecular weight is 399 g/mol.